The van der Waals surface area contributed by atoms with Crippen LogP contribution in [0.15, 0.2) is 63.9 Å². The Kier molecular flexibility index (Phi) is 6.92. The van der Waals surface area contributed by atoms with Crippen LogP contribution in [0.5, 0.6) is 0 Å². The van der Waals surface area contributed by atoms with Crippen molar-refractivity contribution >= 4 is 44.6 Å². The molecule has 0 unspecified atom stereocenters. The van der Waals surface area contributed by atoms with Crippen LogP contribution in [0.1, 0.15) is 23.2 Å². The Morgan fingerprint density at radius 3 is 2.55 bits per heavy atom. The predicted molar refractivity (Wildman–Crippen MR) is 128 cm³/mol. The van der Waals surface area contributed by atoms with Crippen molar-refractivity contribution < 1.29 is 22.4 Å². The molecule has 2 aromatic carbocycles. The highest BCUT2D eigenvalue weighted by Gasteiger charge is 2.25. The molecule has 4 rings (SSSR count). The van der Waals surface area contributed by atoms with Crippen molar-refractivity contribution in [3.8, 4) is 0 Å². The molecule has 1 aromatic heterocycles. The molecule has 1 amide bonds. The highest BCUT2D eigenvalue weighted by atomic mass is 35.5. The van der Waals surface area contributed by atoms with Crippen molar-refractivity contribution in [2.75, 3.05) is 41.2 Å². The van der Waals surface area contributed by atoms with Gasteiger partial charge in [0.15, 0.2) is 5.76 Å². The zero-order valence-corrected chi connectivity index (χ0v) is 19.6. The van der Waals surface area contributed by atoms with E-state index in [1.807, 2.05) is 11.8 Å². The molecule has 8 nitrogen and oxygen atoms in total. The second kappa shape index (κ2) is 9.86. The number of aryl methyl sites for hydroxylation is 1. The van der Waals surface area contributed by atoms with Crippen molar-refractivity contribution in [3.63, 3.8) is 0 Å². The minimum absolute atomic E-state index is 0.0239. The first-order valence-corrected chi connectivity index (χ1v) is 12.4. The van der Waals surface area contributed by atoms with Crippen LogP contribution in [0, 0.1) is 0 Å². The molecule has 1 fully saturated rings. The number of furan rings is 1. The van der Waals surface area contributed by atoms with Gasteiger partial charge in [-0.15, -0.1) is 0 Å². The van der Waals surface area contributed by atoms with Crippen LogP contribution >= 0.6 is 11.6 Å². The lowest BCUT2D eigenvalue weighted by Crippen LogP contribution is -2.37. The summed E-state index contributed by atoms with van der Waals surface area (Å²) >= 11 is 6.17. The predicted octanol–water partition coefficient (Wildman–Crippen LogP) is 4.39. The number of nitrogens with one attached hydrogen (secondary N) is 2. The van der Waals surface area contributed by atoms with Gasteiger partial charge in [0.25, 0.3) is 15.9 Å². The molecule has 0 spiro atoms. The Morgan fingerprint density at radius 1 is 1.09 bits per heavy atom. The van der Waals surface area contributed by atoms with E-state index in [1.54, 1.807) is 48.5 Å². The van der Waals surface area contributed by atoms with Gasteiger partial charge in [0.1, 0.15) is 10.7 Å². The molecule has 3 aromatic rings. The third-order valence-electron chi connectivity index (χ3n) is 5.21. The van der Waals surface area contributed by atoms with Crippen LogP contribution in [0.25, 0.3) is 0 Å². The maximum absolute atomic E-state index is 13.4. The first-order chi connectivity index (χ1) is 15.9. The normalized spacial score (nSPS) is 14.2. The summed E-state index contributed by atoms with van der Waals surface area (Å²) in [4.78, 5) is 14.6. The fraction of sp³-hybridized carbons (Fsp3) is 0.261. The van der Waals surface area contributed by atoms with Gasteiger partial charge in [0.2, 0.25) is 0 Å². The fourth-order valence-corrected chi connectivity index (χ4v) is 5.07. The molecule has 0 radical (unpaired) electrons. The molecule has 0 saturated carbocycles. The zero-order valence-electron chi connectivity index (χ0n) is 18.0. The Labute approximate surface area is 197 Å². The molecule has 1 saturated heterocycles. The summed E-state index contributed by atoms with van der Waals surface area (Å²) in [6, 6.07) is 14.7. The third kappa shape index (κ3) is 5.32. The van der Waals surface area contributed by atoms with Gasteiger partial charge in [-0.05, 0) is 42.5 Å². The lowest BCUT2D eigenvalue weighted by atomic mass is 10.2. The van der Waals surface area contributed by atoms with Gasteiger partial charge in [-0.1, -0.05) is 30.7 Å². The van der Waals surface area contributed by atoms with Crippen LogP contribution in [0.3, 0.4) is 0 Å². The summed E-state index contributed by atoms with van der Waals surface area (Å²) in [5, 5.41) is 3.00. The van der Waals surface area contributed by atoms with E-state index in [2.05, 4.69) is 10.0 Å². The van der Waals surface area contributed by atoms with E-state index >= 15 is 0 Å². The van der Waals surface area contributed by atoms with Gasteiger partial charge in [0.05, 0.1) is 29.6 Å². The number of para-hydroxylation sites is 1. The highest BCUT2D eigenvalue weighted by molar-refractivity contribution is 7.93. The second-order valence-electron chi connectivity index (χ2n) is 7.44. The maximum atomic E-state index is 13.4. The van der Waals surface area contributed by atoms with E-state index in [0.717, 1.165) is 0 Å². The van der Waals surface area contributed by atoms with E-state index < -0.39 is 15.9 Å². The first kappa shape index (κ1) is 23.2. The summed E-state index contributed by atoms with van der Waals surface area (Å²) in [7, 11) is -4.03. The molecule has 10 heteroatoms. The van der Waals surface area contributed by atoms with Gasteiger partial charge in [0, 0.05) is 25.2 Å². The number of sulfonamides is 1. The number of hydrogen-bond donors (Lipinski definition) is 2. The topological polar surface area (TPSA) is 101 Å². The van der Waals surface area contributed by atoms with E-state index in [9.17, 15) is 13.2 Å². The van der Waals surface area contributed by atoms with Crippen molar-refractivity contribution in [2.45, 2.75) is 18.2 Å². The summed E-state index contributed by atoms with van der Waals surface area (Å²) in [5.41, 5.74) is 1.11. The molecule has 174 valence electrons. The standard InChI is InChI=1S/C23H24ClN3O5S/c1-2-17-8-10-21(32-17)23(28)25-16-7-9-20(27-11-13-31-14-12-27)22(15-16)33(29,30)26-19-6-4-3-5-18(19)24/h3-10,15,26H,2,11-14H2,1H3,(H,25,28). The van der Waals surface area contributed by atoms with Crippen LogP contribution in [-0.2, 0) is 21.2 Å². The van der Waals surface area contributed by atoms with Crippen LogP contribution in [0.2, 0.25) is 5.02 Å². The number of nitrogens with zero attached hydrogens (tertiary/aromatic N) is 1. The zero-order chi connectivity index (χ0) is 23.4. The van der Waals surface area contributed by atoms with Crippen molar-refractivity contribution in [1.29, 1.82) is 0 Å². The summed E-state index contributed by atoms with van der Waals surface area (Å²) < 4.78 is 40.3. The van der Waals surface area contributed by atoms with Gasteiger partial charge in [-0.3, -0.25) is 9.52 Å². The van der Waals surface area contributed by atoms with Crippen LogP contribution in [0.4, 0.5) is 17.1 Å². The minimum atomic E-state index is -4.03. The van der Waals surface area contributed by atoms with Gasteiger partial charge >= 0.3 is 0 Å². The number of morpholine rings is 1. The number of benzene rings is 2. The molecule has 0 aliphatic carbocycles. The number of amides is 1. The van der Waals surface area contributed by atoms with Gasteiger partial charge in [-0.25, -0.2) is 8.42 Å². The number of hydrogen-bond acceptors (Lipinski definition) is 6. The third-order valence-corrected chi connectivity index (χ3v) is 6.94. The summed E-state index contributed by atoms with van der Waals surface area (Å²) in [5.74, 6) is 0.383. The largest absolute Gasteiger partial charge is 0.456 e. The average molecular weight is 490 g/mol. The molecule has 0 atom stereocenters. The minimum Gasteiger partial charge on any atom is -0.456 e. The van der Waals surface area contributed by atoms with Crippen LogP contribution in [-0.4, -0.2) is 40.6 Å². The van der Waals surface area contributed by atoms with Gasteiger partial charge < -0.3 is 19.4 Å². The number of carbonyl (C=O) groups excluding carboxylic acids is 1. The van der Waals surface area contributed by atoms with E-state index in [0.29, 0.717) is 49.9 Å². The molecule has 33 heavy (non-hydrogen) atoms. The van der Waals surface area contributed by atoms with E-state index in [1.165, 1.54) is 6.07 Å². The Morgan fingerprint density at radius 2 is 1.85 bits per heavy atom. The second-order valence-corrected chi connectivity index (χ2v) is 9.50. The van der Waals surface area contributed by atoms with E-state index in [-0.39, 0.29) is 21.4 Å². The lowest BCUT2D eigenvalue weighted by Gasteiger charge is -2.30. The number of halogens is 1. The Hall–Kier alpha value is -3.01. The highest BCUT2D eigenvalue weighted by Crippen LogP contribution is 2.32. The average Bonchev–Trinajstić information content (AvgIpc) is 3.31. The quantitative estimate of drug-likeness (QED) is 0.510. The summed E-state index contributed by atoms with van der Waals surface area (Å²) in [6.07, 6.45) is 0.664. The Bertz CT molecular complexity index is 1250. The van der Waals surface area contributed by atoms with Crippen molar-refractivity contribution in [2.24, 2.45) is 0 Å². The smallest absolute Gasteiger partial charge is 0.291 e. The van der Waals surface area contributed by atoms with E-state index in [4.69, 9.17) is 20.8 Å². The number of anilines is 3. The number of ether oxygens (including phenoxy) is 1. The number of rotatable bonds is 7. The fourth-order valence-electron chi connectivity index (χ4n) is 3.50. The van der Waals surface area contributed by atoms with Crippen molar-refractivity contribution in [1.82, 2.24) is 0 Å². The first-order valence-electron chi connectivity index (χ1n) is 10.5. The molecular weight excluding hydrogens is 466 g/mol. The van der Waals surface area contributed by atoms with Gasteiger partial charge in [-0.2, -0.15) is 0 Å². The monoisotopic (exact) mass is 489 g/mol. The molecular formula is C23H24ClN3O5S. The molecule has 2 heterocycles. The van der Waals surface area contributed by atoms with Crippen LogP contribution < -0.4 is 14.9 Å². The molecule has 1 aliphatic heterocycles. The molecule has 1 aliphatic rings. The number of carbonyl (C=O) groups is 1. The Balaban J connectivity index is 1.68. The lowest BCUT2D eigenvalue weighted by molar-refractivity contribution is 0.0995. The SMILES string of the molecule is CCc1ccc(C(=O)Nc2ccc(N3CCOCC3)c(S(=O)(=O)Nc3ccccc3Cl)c2)o1. The maximum Gasteiger partial charge on any atom is 0.291 e. The summed E-state index contributed by atoms with van der Waals surface area (Å²) in [6.45, 7) is 4.01. The van der Waals surface area contributed by atoms with Crippen molar-refractivity contribution in [3.05, 3.63) is 71.1 Å². The molecule has 0 bridgehead atoms. The molecule has 2 N–H and O–H groups in total.